The number of nitrogens with zero attached hydrogens (tertiary/aromatic N) is 1. The molecule has 0 aromatic carbocycles. The zero-order valence-electron chi connectivity index (χ0n) is 13.6. The Morgan fingerprint density at radius 1 is 1.35 bits per heavy atom. The molecule has 0 saturated heterocycles. The highest BCUT2D eigenvalue weighted by atomic mass is 16.4. The Morgan fingerprint density at radius 3 is 2.70 bits per heavy atom. The van der Waals surface area contributed by atoms with E-state index < -0.39 is 5.60 Å². The number of amides is 2. The molecule has 2 aromatic rings. The third-order valence-corrected chi connectivity index (χ3v) is 3.60. The largest absolute Gasteiger partial charge is 0.466 e. The van der Waals surface area contributed by atoms with E-state index in [0.29, 0.717) is 5.76 Å². The molecule has 6 nitrogen and oxygen atoms in total. The Kier molecular flexibility index (Phi) is 5.39. The lowest BCUT2D eigenvalue weighted by molar-refractivity contribution is 0.0366. The van der Waals surface area contributed by atoms with Gasteiger partial charge in [0.2, 0.25) is 0 Å². The molecule has 2 heterocycles. The van der Waals surface area contributed by atoms with Gasteiger partial charge in [-0.25, -0.2) is 4.79 Å². The van der Waals surface area contributed by atoms with Crippen LogP contribution in [0.3, 0.4) is 0 Å². The van der Waals surface area contributed by atoms with Gasteiger partial charge in [-0.15, -0.1) is 0 Å². The van der Waals surface area contributed by atoms with E-state index in [1.54, 1.807) is 25.3 Å². The van der Waals surface area contributed by atoms with Gasteiger partial charge in [0.1, 0.15) is 11.4 Å². The van der Waals surface area contributed by atoms with E-state index in [2.05, 4.69) is 15.6 Å². The number of carbonyl (C=O) groups is 1. The molecule has 23 heavy (non-hydrogen) atoms. The molecule has 0 radical (unpaired) electrons. The van der Waals surface area contributed by atoms with E-state index in [4.69, 9.17) is 4.42 Å². The number of nitrogens with one attached hydrogen (secondary N) is 2. The zero-order chi connectivity index (χ0) is 16.9. The van der Waals surface area contributed by atoms with Crippen LogP contribution in [0.1, 0.15) is 38.3 Å². The van der Waals surface area contributed by atoms with Crippen molar-refractivity contribution < 1.29 is 14.3 Å². The average Bonchev–Trinajstić information content (AvgIpc) is 3.06. The molecule has 0 aliphatic rings. The molecule has 0 spiro atoms. The molecule has 0 saturated carbocycles. The van der Waals surface area contributed by atoms with Crippen molar-refractivity contribution in [2.75, 3.05) is 6.54 Å². The predicted molar refractivity (Wildman–Crippen MR) is 86.6 cm³/mol. The summed E-state index contributed by atoms with van der Waals surface area (Å²) in [6.45, 7) is 5.65. The first kappa shape index (κ1) is 17.0. The Labute approximate surface area is 135 Å². The third-order valence-electron chi connectivity index (χ3n) is 3.60. The molecule has 3 N–H and O–H groups in total. The second kappa shape index (κ2) is 7.28. The standard InChI is InChI=1S/C17H23N3O3/c1-12(2)15(13-7-4-5-9-18-13)20-16(21)19-11-17(3,22)14-8-6-10-23-14/h4-10,12,15,22H,11H2,1-3H3,(H2,19,20,21)/t15-,17+/m0/s1. The van der Waals surface area contributed by atoms with Crippen molar-refractivity contribution in [3.8, 4) is 0 Å². The highest BCUT2D eigenvalue weighted by molar-refractivity contribution is 5.74. The van der Waals surface area contributed by atoms with Crippen LogP contribution >= 0.6 is 0 Å². The number of aromatic nitrogens is 1. The van der Waals surface area contributed by atoms with Gasteiger partial charge in [0.25, 0.3) is 0 Å². The summed E-state index contributed by atoms with van der Waals surface area (Å²) in [5.41, 5.74) is -0.463. The summed E-state index contributed by atoms with van der Waals surface area (Å²) >= 11 is 0. The second-order valence-electron chi connectivity index (χ2n) is 6.05. The van der Waals surface area contributed by atoms with E-state index >= 15 is 0 Å². The van der Waals surface area contributed by atoms with Crippen LogP contribution in [0, 0.1) is 5.92 Å². The predicted octanol–water partition coefficient (Wildman–Crippen LogP) is 2.58. The summed E-state index contributed by atoms with van der Waals surface area (Å²) in [5.74, 6) is 0.587. The van der Waals surface area contributed by atoms with E-state index in [0.717, 1.165) is 5.69 Å². The van der Waals surface area contributed by atoms with Crippen molar-refractivity contribution in [2.45, 2.75) is 32.4 Å². The maximum atomic E-state index is 12.2. The normalized spacial score (nSPS) is 15.0. The highest BCUT2D eigenvalue weighted by Gasteiger charge is 2.27. The van der Waals surface area contributed by atoms with Crippen molar-refractivity contribution >= 4 is 6.03 Å². The summed E-state index contributed by atoms with van der Waals surface area (Å²) in [6.07, 6.45) is 3.19. The monoisotopic (exact) mass is 317 g/mol. The molecule has 0 aliphatic heterocycles. The van der Waals surface area contributed by atoms with Crippen LogP contribution in [0.5, 0.6) is 0 Å². The molecule has 2 aromatic heterocycles. The summed E-state index contributed by atoms with van der Waals surface area (Å²) in [5, 5.41) is 15.9. The van der Waals surface area contributed by atoms with Crippen LogP contribution in [-0.2, 0) is 5.60 Å². The number of hydrogen-bond acceptors (Lipinski definition) is 4. The Balaban J connectivity index is 1.95. The number of rotatable bonds is 6. The van der Waals surface area contributed by atoms with Crippen LogP contribution in [0.4, 0.5) is 4.79 Å². The third kappa shape index (κ3) is 4.56. The van der Waals surface area contributed by atoms with Gasteiger partial charge in [-0.1, -0.05) is 19.9 Å². The molecule has 2 atom stereocenters. The minimum atomic E-state index is -1.26. The number of carbonyl (C=O) groups excluding carboxylic acids is 1. The van der Waals surface area contributed by atoms with Crippen molar-refractivity contribution in [3.05, 3.63) is 54.2 Å². The Hall–Kier alpha value is -2.34. The molecular weight excluding hydrogens is 294 g/mol. The number of pyridine rings is 1. The van der Waals surface area contributed by atoms with E-state index in [-0.39, 0.29) is 24.5 Å². The maximum absolute atomic E-state index is 12.2. The van der Waals surface area contributed by atoms with Crippen LogP contribution in [0.15, 0.2) is 47.2 Å². The van der Waals surface area contributed by atoms with Gasteiger partial charge >= 0.3 is 6.03 Å². The van der Waals surface area contributed by atoms with Crippen LogP contribution < -0.4 is 10.6 Å². The van der Waals surface area contributed by atoms with Crippen molar-refractivity contribution in [1.29, 1.82) is 0 Å². The number of urea groups is 1. The SMILES string of the molecule is CC(C)[C@H](NC(=O)NC[C@@](C)(O)c1ccco1)c1ccccn1. The molecular formula is C17H23N3O3. The number of hydrogen-bond donors (Lipinski definition) is 3. The fourth-order valence-electron chi connectivity index (χ4n) is 2.26. The second-order valence-corrected chi connectivity index (χ2v) is 6.05. The molecule has 2 amide bonds. The number of furan rings is 1. The quantitative estimate of drug-likeness (QED) is 0.764. The van der Waals surface area contributed by atoms with Gasteiger partial charge in [0.15, 0.2) is 0 Å². The molecule has 6 heteroatoms. The highest BCUT2D eigenvalue weighted by Crippen LogP contribution is 2.21. The van der Waals surface area contributed by atoms with E-state index in [1.807, 2.05) is 32.0 Å². The molecule has 0 fully saturated rings. The molecule has 124 valence electrons. The minimum absolute atomic E-state index is 0.0411. The topological polar surface area (TPSA) is 87.4 Å². The smallest absolute Gasteiger partial charge is 0.315 e. The van der Waals surface area contributed by atoms with Crippen molar-refractivity contribution in [1.82, 2.24) is 15.6 Å². The Morgan fingerprint density at radius 2 is 2.13 bits per heavy atom. The fourth-order valence-corrected chi connectivity index (χ4v) is 2.26. The first-order valence-corrected chi connectivity index (χ1v) is 7.62. The zero-order valence-corrected chi connectivity index (χ0v) is 13.6. The molecule has 0 bridgehead atoms. The van der Waals surface area contributed by atoms with Gasteiger partial charge in [-0.3, -0.25) is 4.98 Å². The Bertz CT molecular complexity index is 609. The van der Waals surface area contributed by atoms with E-state index in [9.17, 15) is 9.90 Å². The molecule has 0 aliphatic carbocycles. The van der Waals surface area contributed by atoms with Crippen molar-refractivity contribution in [3.63, 3.8) is 0 Å². The van der Waals surface area contributed by atoms with Gasteiger partial charge in [-0.2, -0.15) is 0 Å². The van der Waals surface area contributed by atoms with Gasteiger partial charge in [0, 0.05) is 6.20 Å². The van der Waals surface area contributed by atoms with Gasteiger partial charge in [-0.05, 0) is 37.1 Å². The summed E-state index contributed by atoms with van der Waals surface area (Å²) < 4.78 is 5.19. The first-order valence-electron chi connectivity index (χ1n) is 7.62. The summed E-state index contributed by atoms with van der Waals surface area (Å²) in [4.78, 5) is 16.5. The molecule has 0 unspecified atom stereocenters. The van der Waals surface area contributed by atoms with Crippen molar-refractivity contribution in [2.24, 2.45) is 5.92 Å². The van der Waals surface area contributed by atoms with Gasteiger partial charge < -0.3 is 20.2 Å². The van der Waals surface area contributed by atoms with Crippen LogP contribution in [-0.4, -0.2) is 22.7 Å². The first-order chi connectivity index (χ1) is 10.9. The number of aliphatic hydroxyl groups is 1. The minimum Gasteiger partial charge on any atom is -0.466 e. The van der Waals surface area contributed by atoms with Gasteiger partial charge in [0.05, 0.1) is 24.5 Å². The fraction of sp³-hybridized carbons (Fsp3) is 0.412. The lowest BCUT2D eigenvalue weighted by Gasteiger charge is -2.25. The molecule has 2 rings (SSSR count). The maximum Gasteiger partial charge on any atom is 0.315 e. The van der Waals surface area contributed by atoms with Crippen LogP contribution in [0.25, 0.3) is 0 Å². The summed E-state index contributed by atoms with van der Waals surface area (Å²) in [6, 6.07) is 8.40. The average molecular weight is 317 g/mol. The lowest BCUT2D eigenvalue weighted by atomic mass is 10.0. The lowest BCUT2D eigenvalue weighted by Crippen LogP contribution is -2.45. The van der Waals surface area contributed by atoms with E-state index in [1.165, 1.54) is 6.26 Å². The summed E-state index contributed by atoms with van der Waals surface area (Å²) in [7, 11) is 0. The van der Waals surface area contributed by atoms with Crippen LogP contribution in [0.2, 0.25) is 0 Å².